The Morgan fingerprint density at radius 2 is 2.20 bits per heavy atom. The van der Waals surface area contributed by atoms with Crippen molar-refractivity contribution in [1.82, 2.24) is 15.0 Å². The molecule has 0 unspecified atom stereocenters. The minimum Gasteiger partial charge on any atom is -0.464 e. The number of nitrogens with zero attached hydrogens (tertiary/aromatic N) is 4. The summed E-state index contributed by atoms with van der Waals surface area (Å²) in [6.45, 7) is 2.14. The van der Waals surface area contributed by atoms with E-state index in [1.807, 2.05) is 6.07 Å². The van der Waals surface area contributed by atoms with Gasteiger partial charge in [0.1, 0.15) is 5.82 Å². The van der Waals surface area contributed by atoms with Crippen LogP contribution in [0.3, 0.4) is 0 Å². The Kier molecular flexibility index (Phi) is 3.91. The van der Waals surface area contributed by atoms with E-state index in [1.165, 1.54) is 12.1 Å². The number of nitrogens with one attached hydrogen (secondary N) is 1. The van der Waals surface area contributed by atoms with Crippen molar-refractivity contribution in [3.8, 4) is 12.1 Å². The fraction of sp³-hybridized carbons (Fsp3) is 0.167. The van der Waals surface area contributed by atoms with Gasteiger partial charge in [-0.25, -0.2) is 4.39 Å². The summed E-state index contributed by atoms with van der Waals surface area (Å²) < 4.78 is 18.8. The minimum absolute atomic E-state index is 0.0417. The van der Waals surface area contributed by atoms with Gasteiger partial charge in [-0.05, 0) is 25.1 Å². The third kappa shape index (κ3) is 3.08. The lowest BCUT2D eigenvalue weighted by atomic mass is 10.2. The SMILES string of the molecule is CCOc1nc(N)nc(Nc2ccc(C#N)cc2F)n1. The Bertz CT molecular complexity index is 669. The highest BCUT2D eigenvalue weighted by Crippen LogP contribution is 2.20. The maximum atomic E-state index is 13.7. The molecule has 0 saturated carbocycles. The molecule has 1 heterocycles. The van der Waals surface area contributed by atoms with Crippen LogP contribution < -0.4 is 15.8 Å². The third-order valence-corrected chi connectivity index (χ3v) is 2.25. The van der Waals surface area contributed by atoms with E-state index in [0.29, 0.717) is 6.61 Å². The summed E-state index contributed by atoms with van der Waals surface area (Å²) in [6.07, 6.45) is 0. The summed E-state index contributed by atoms with van der Waals surface area (Å²) in [5.74, 6) is -0.578. The zero-order chi connectivity index (χ0) is 14.5. The molecule has 0 aliphatic carbocycles. The van der Waals surface area contributed by atoms with Crippen LogP contribution in [-0.2, 0) is 0 Å². The number of ether oxygens (including phenoxy) is 1. The van der Waals surface area contributed by atoms with Gasteiger partial charge in [0, 0.05) is 0 Å². The van der Waals surface area contributed by atoms with Gasteiger partial charge in [-0.3, -0.25) is 0 Å². The van der Waals surface area contributed by atoms with Crippen LogP contribution in [0, 0.1) is 17.1 Å². The zero-order valence-corrected chi connectivity index (χ0v) is 10.6. The summed E-state index contributed by atoms with van der Waals surface area (Å²) in [6, 6.07) is 5.89. The summed E-state index contributed by atoms with van der Waals surface area (Å²) in [5, 5.41) is 11.3. The lowest BCUT2D eigenvalue weighted by Crippen LogP contribution is -2.07. The molecule has 0 fully saturated rings. The van der Waals surface area contributed by atoms with E-state index in [9.17, 15) is 4.39 Å². The maximum absolute atomic E-state index is 13.7. The first-order chi connectivity index (χ1) is 9.62. The molecular formula is C12H11FN6O. The molecule has 0 amide bonds. The van der Waals surface area contributed by atoms with E-state index in [1.54, 1.807) is 6.92 Å². The number of hydrogen-bond acceptors (Lipinski definition) is 7. The van der Waals surface area contributed by atoms with Crippen LogP contribution in [0.5, 0.6) is 6.01 Å². The monoisotopic (exact) mass is 274 g/mol. The fourth-order valence-corrected chi connectivity index (χ4v) is 1.43. The van der Waals surface area contributed by atoms with Gasteiger partial charge in [-0.1, -0.05) is 0 Å². The number of aromatic nitrogens is 3. The highest BCUT2D eigenvalue weighted by atomic mass is 19.1. The first kappa shape index (κ1) is 13.5. The van der Waals surface area contributed by atoms with E-state index >= 15 is 0 Å². The quantitative estimate of drug-likeness (QED) is 0.871. The van der Waals surface area contributed by atoms with Crippen LogP contribution in [0.4, 0.5) is 22.0 Å². The van der Waals surface area contributed by atoms with Crippen LogP contribution >= 0.6 is 0 Å². The van der Waals surface area contributed by atoms with Gasteiger partial charge in [0.25, 0.3) is 0 Å². The lowest BCUT2D eigenvalue weighted by molar-refractivity contribution is 0.312. The Hall–Kier alpha value is -2.95. The van der Waals surface area contributed by atoms with Gasteiger partial charge in [0.2, 0.25) is 11.9 Å². The molecule has 0 aliphatic rings. The molecule has 102 valence electrons. The summed E-state index contributed by atoms with van der Waals surface area (Å²) in [5.41, 5.74) is 5.85. The molecule has 3 N–H and O–H groups in total. The van der Waals surface area contributed by atoms with E-state index in [0.717, 1.165) is 6.07 Å². The molecule has 1 aromatic heterocycles. The standard InChI is InChI=1S/C12H11FN6O/c1-2-20-12-18-10(15)17-11(19-12)16-9-4-3-7(6-14)5-8(9)13/h3-5H,2H2,1H3,(H3,15,16,17,18,19). The maximum Gasteiger partial charge on any atom is 0.323 e. The molecule has 0 radical (unpaired) electrons. The van der Waals surface area contributed by atoms with Crippen molar-refractivity contribution < 1.29 is 9.13 Å². The van der Waals surface area contributed by atoms with Gasteiger partial charge in [-0.2, -0.15) is 20.2 Å². The van der Waals surface area contributed by atoms with Crippen LogP contribution in [0.2, 0.25) is 0 Å². The first-order valence-electron chi connectivity index (χ1n) is 5.73. The predicted molar refractivity (Wildman–Crippen MR) is 69.8 cm³/mol. The highest BCUT2D eigenvalue weighted by molar-refractivity contribution is 5.56. The number of benzene rings is 1. The van der Waals surface area contributed by atoms with Gasteiger partial charge in [0.15, 0.2) is 0 Å². The van der Waals surface area contributed by atoms with Crippen molar-refractivity contribution in [3.63, 3.8) is 0 Å². The molecular weight excluding hydrogens is 263 g/mol. The van der Waals surface area contributed by atoms with E-state index in [2.05, 4.69) is 20.3 Å². The summed E-state index contributed by atoms with van der Waals surface area (Å²) >= 11 is 0. The van der Waals surface area contributed by atoms with Crippen LogP contribution in [0.25, 0.3) is 0 Å². The van der Waals surface area contributed by atoms with Gasteiger partial charge in [0.05, 0.1) is 23.9 Å². The summed E-state index contributed by atoms with van der Waals surface area (Å²) in [4.78, 5) is 11.5. The Morgan fingerprint density at radius 1 is 1.40 bits per heavy atom. The number of rotatable bonds is 4. The third-order valence-electron chi connectivity index (χ3n) is 2.25. The second-order valence-corrected chi connectivity index (χ2v) is 3.66. The Balaban J connectivity index is 2.28. The second-order valence-electron chi connectivity index (χ2n) is 3.66. The Labute approximate surface area is 114 Å². The van der Waals surface area contributed by atoms with Gasteiger partial charge >= 0.3 is 6.01 Å². The molecule has 8 heteroatoms. The molecule has 2 aromatic rings. The summed E-state index contributed by atoms with van der Waals surface area (Å²) in [7, 11) is 0. The predicted octanol–water partition coefficient (Wildman–Crippen LogP) is 1.61. The number of anilines is 3. The van der Waals surface area contributed by atoms with E-state index in [-0.39, 0.29) is 29.2 Å². The van der Waals surface area contributed by atoms with Crippen molar-refractivity contribution in [1.29, 1.82) is 5.26 Å². The van der Waals surface area contributed by atoms with Crippen LogP contribution in [0.15, 0.2) is 18.2 Å². The van der Waals surface area contributed by atoms with Gasteiger partial charge in [-0.15, -0.1) is 0 Å². The van der Waals surface area contributed by atoms with Crippen molar-refractivity contribution in [2.24, 2.45) is 0 Å². The fourth-order valence-electron chi connectivity index (χ4n) is 1.43. The molecule has 0 spiro atoms. The average molecular weight is 274 g/mol. The molecule has 0 aliphatic heterocycles. The largest absolute Gasteiger partial charge is 0.464 e. The highest BCUT2D eigenvalue weighted by Gasteiger charge is 2.09. The van der Waals surface area contributed by atoms with Crippen molar-refractivity contribution in [2.45, 2.75) is 6.92 Å². The molecule has 0 bridgehead atoms. The normalized spacial score (nSPS) is 9.85. The number of nitriles is 1. The second kappa shape index (κ2) is 5.79. The zero-order valence-electron chi connectivity index (χ0n) is 10.6. The van der Waals surface area contributed by atoms with E-state index < -0.39 is 5.82 Å². The minimum atomic E-state index is -0.596. The van der Waals surface area contributed by atoms with Crippen LogP contribution in [-0.4, -0.2) is 21.6 Å². The number of hydrogen-bond donors (Lipinski definition) is 2. The van der Waals surface area contributed by atoms with E-state index in [4.69, 9.17) is 15.7 Å². The molecule has 7 nitrogen and oxygen atoms in total. The smallest absolute Gasteiger partial charge is 0.323 e. The topological polar surface area (TPSA) is 110 Å². The lowest BCUT2D eigenvalue weighted by Gasteiger charge is -2.08. The van der Waals surface area contributed by atoms with Crippen molar-refractivity contribution in [3.05, 3.63) is 29.6 Å². The molecule has 1 aromatic carbocycles. The molecule has 2 rings (SSSR count). The van der Waals surface area contributed by atoms with Gasteiger partial charge < -0.3 is 15.8 Å². The number of nitrogen functional groups attached to an aromatic ring is 1. The molecule has 0 atom stereocenters. The Morgan fingerprint density at radius 3 is 2.85 bits per heavy atom. The first-order valence-corrected chi connectivity index (χ1v) is 5.73. The molecule has 20 heavy (non-hydrogen) atoms. The van der Waals surface area contributed by atoms with Crippen molar-refractivity contribution >= 4 is 17.6 Å². The number of halogens is 1. The molecule has 0 saturated heterocycles. The van der Waals surface area contributed by atoms with Crippen molar-refractivity contribution in [2.75, 3.05) is 17.7 Å². The average Bonchev–Trinajstić information content (AvgIpc) is 2.41. The number of nitrogens with two attached hydrogens (primary N) is 1. The van der Waals surface area contributed by atoms with Crippen LogP contribution in [0.1, 0.15) is 12.5 Å².